The average Bonchev–Trinajstić information content (AvgIpc) is 2.56. The normalized spacial score (nSPS) is 9.52. The summed E-state index contributed by atoms with van der Waals surface area (Å²) >= 11 is 5.16. The molecule has 0 atom stereocenters. The SMILES string of the molecule is Cc1ccccc1S(=O)(=O)[N-]Br.Cc1ccccc1S(=O)(=O)[N-]Br.O.O.O.[K+].[K+]. The Morgan fingerprint density at radius 2 is 0.862 bits per heavy atom. The molecule has 6 N–H and O–H groups in total. The third kappa shape index (κ3) is 13.6. The molecule has 0 unspecified atom stereocenters. The summed E-state index contributed by atoms with van der Waals surface area (Å²) in [7, 11) is -6.97. The first kappa shape index (κ1) is 41.6. The van der Waals surface area contributed by atoms with Gasteiger partial charge in [-0.2, -0.15) is 0 Å². The van der Waals surface area contributed by atoms with Crippen molar-refractivity contribution >= 4 is 52.3 Å². The Hall–Kier alpha value is 2.37. The van der Waals surface area contributed by atoms with Crippen molar-refractivity contribution in [1.82, 2.24) is 0 Å². The molecule has 0 aromatic heterocycles. The summed E-state index contributed by atoms with van der Waals surface area (Å²) in [5.41, 5.74) is 1.39. The third-order valence-corrected chi connectivity index (χ3v) is 7.60. The predicted molar refractivity (Wildman–Crippen MR) is 112 cm³/mol. The standard InChI is InChI=1S/2C7H7BrNO2S.2K.3H2O/c2*1-6-4-2-3-5-7(6)12(10,11)9-8;;;;;/h2*2-5H,1H3;;;3*1H2/q2*-1;2*+1;;;. The molecule has 2 rings (SSSR count). The van der Waals surface area contributed by atoms with Crippen LogP contribution in [0.5, 0.6) is 0 Å². The van der Waals surface area contributed by atoms with Crippen molar-refractivity contribution in [3.05, 3.63) is 67.2 Å². The summed E-state index contributed by atoms with van der Waals surface area (Å²) < 4.78 is 51.1. The maximum Gasteiger partial charge on any atom is 1.00 e. The van der Waals surface area contributed by atoms with Crippen LogP contribution in [-0.4, -0.2) is 33.3 Å². The quantitative estimate of drug-likeness (QED) is 0.314. The molecule has 156 valence electrons. The van der Waals surface area contributed by atoms with E-state index in [9.17, 15) is 16.8 Å². The van der Waals surface area contributed by atoms with Gasteiger partial charge < -0.3 is 23.9 Å². The molecule has 0 bridgehead atoms. The molecule has 0 radical (unpaired) electrons. The van der Waals surface area contributed by atoms with Gasteiger partial charge in [0.2, 0.25) is 0 Å². The van der Waals surface area contributed by atoms with Crippen LogP contribution in [0.15, 0.2) is 58.3 Å². The van der Waals surface area contributed by atoms with E-state index in [4.69, 9.17) is 0 Å². The van der Waals surface area contributed by atoms with E-state index in [0.717, 1.165) is 0 Å². The van der Waals surface area contributed by atoms with Crippen LogP contribution >= 0.6 is 32.3 Å². The fourth-order valence-electron chi connectivity index (χ4n) is 1.77. The smallest absolute Gasteiger partial charge is 0.480 e. The minimum absolute atomic E-state index is 0. The third-order valence-electron chi connectivity index (χ3n) is 2.92. The summed E-state index contributed by atoms with van der Waals surface area (Å²) in [4.78, 5) is 0.476. The van der Waals surface area contributed by atoms with Crippen molar-refractivity contribution in [2.45, 2.75) is 23.6 Å². The summed E-state index contributed by atoms with van der Waals surface area (Å²) in [6.45, 7) is 3.45. The number of nitrogens with zero attached hydrogens (tertiary/aromatic N) is 2. The number of hydrogen-bond acceptors (Lipinski definition) is 4. The largest absolute Gasteiger partial charge is 1.00 e. The number of halogens is 2. The molecule has 2 aromatic carbocycles. The van der Waals surface area contributed by atoms with Crippen molar-refractivity contribution in [3.8, 4) is 0 Å². The van der Waals surface area contributed by atoms with Gasteiger partial charge in [0.1, 0.15) is 20.0 Å². The zero-order chi connectivity index (χ0) is 18.4. The summed E-state index contributed by atoms with van der Waals surface area (Å²) in [5.74, 6) is 0. The van der Waals surface area contributed by atoms with Gasteiger partial charge in [0.15, 0.2) is 0 Å². The number of hydrogen-bond donors (Lipinski definition) is 0. The molecular formula is C14H20Br2K2N2O7S2. The van der Waals surface area contributed by atoms with Gasteiger partial charge in [-0.15, -0.1) is 0 Å². The van der Waals surface area contributed by atoms with Crippen LogP contribution in [0.25, 0.3) is 7.50 Å². The van der Waals surface area contributed by atoms with Gasteiger partial charge in [0.25, 0.3) is 0 Å². The molecule has 0 heterocycles. The van der Waals surface area contributed by atoms with E-state index in [2.05, 4.69) is 39.8 Å². The zero-order valence-electron chi connectivity index (χ0n) is 16.2. The van der Waals surface area contributed by atoms with E-state index in [-0.39, 0.29) is 129 Å². The van der Waals surface area contributed by atoms with Crippen LogP contribution in [-0.2, 0) is 20.0 Å². The second-order valence-electron chi connectivity index (χ2n) is 4.62. The van der Waals surface area contributed by atoms with Gasteiger partial charge >= 0.3 is 103 Å². The Bertz CT molecular complexity index is 842. The molecule has 0 aliphatic rings. The molecule has 0 aliphatic heterocycles. The minimum atomic E-state index is -3.49. The predicted octanol–water partition coefficient (Wildman–Crippen LogP) is -3.73. The van der Waals surface area contributed by atoms with Crippen molar-refractivity contribution in [2.24, 2.45) is 0 Å². The van der Waals surface area contributed by atoms with Crippen LogP contribution in [0.1, 0.15) is 11.1 Å². The van der Waals surface area contributed by atoms with E-state index in [0.29, 0.717) is 11.1 Å². The topological polar surface area (TPSA) is 191 Å². The number of sulfonamides is 2. The molecule has 2 aromatic rings. The van der Waals surface area contributed by atoms with Crippen LogP contribution in [0.3, 0.4) is 0 Å². The Kier molecular flexibility index (Phi) is 28.4. The molecule has 0 aliphatic carbocycles. The fourth-order valence-corrected chi connectivity index (χ4v) is 4.30. The summed E-state index contributed by atoms with van der Waals surface area (Å²) in [5, 5.41) is 0. The molecule has 0 saturated carbocycles. The van der Waals surface area contributed by atoms with Gasteiger partial charge in [0, 0.05) is 0 Å². The van der Waals surface area contributed by atoms with Gasteiger partial charge in [-0.3, -0.25) is 0 Å². The van der Waals surface area contributed by atoms with Crippen LogP contribution < -0.4 is 103 Å². The first-order valence-electron chi connectivity index (χ1n) is 6.43. The van der Waals surface area contributed by atoms with E-state index in [1.54, 1.807) is 50.2 Å². The van der Waals surface area contributed by atoms with Crippen molar-refractivity contribution in [3.63, 3.8) is 0 Å². The van der Waals surface area contributed by atoms with E-state index < -0.39 is 20.0 Å². The molecule has 0 spiro atoms. The van der Waals surface area contributed by atoms with Crippen LogP contribution in [0.2, 0.25) is 0 Å². The van der Waals surface area contributed by atoms with Gasteiger partial charge in [-0.1, -0.05) is 36.4 Å². The molecule has 15 heteroatoms. The number of benzene rings is 2. The van der Waals surface area contributed by atoms with Gasteiger partial charge in [-0.25, -0.2) is 49.1 Å². The molecule has 0 saturated heterocycles. The second-order valence-corrected chi connectivity index (χ2v) is 9.41. The molecule has 0 fully saturated rings. The average molecular weight is 630 g/mol. The first-order chi connectivity index (χ1) is 11.2. The van der Waals surface area contributed by atoms with Crippen molar-refractivity contribution in [2.75, 3.05) is 0 Å². The maximum atomic E-state index is 11.2. The first-order valence-corrected chi connectivity index (χ1v) is 10.7. The van der Waals surface area contributed by atoms with E-state index in [1.807, 2.05) is 0 Å². The number of rotatable bonds is 4. The summed E-state index contributed by atoms with van der Waals surface area (Å²) in [6.07, 6.45) is 0. The second kappa shape index (κ2) is 19.8. The van der Waals surface area contributed by atoms with Gasteiger partial charge in [-0.05, 0) is 37.1 Å². The molecule has 9 nitrogen and oxygen atoms in total. The molecule has 29 heavy (non-hydrogen) atoms. The Balaban J connectivity index is -0.000000113. The van der Waals surface area contributed by atoms with E-state index >= 15 is 0 Å². The molecular weight excluding hydrogens is 610 g/mol. The minimum Gasteiger partial charge on any atom is -0.480 e. The van der Waals surface area contributed by atoms with Crippen LogP contribution in [0.4, 0.5) is 0 Å². The monoisotopic (exact) mass is 628 g/mol. The number of aryl methyl sites for hydroxylation is 2. The summed E-state index contributed by atoms with van der Waals surface area (Å²) in [6, 6.07) is 13.4. The van der Waals surface area contributed by atoms with Crippen molar-refractivity contribution < 1.29 is 136 Å². The Morgan fingerprint density at radius 1 is 0.621 bits per heavy atom. The van der Waals surface area contributed by atoms with Crippen LogP contribution in [0, 0.1) is 13.8 Å². The van der Waals surface area contributed by atoms with Crippen molar-refractivity contribution in [1.29, 1.82) is 0 Å². The maximum absolute atomic E-state index is 11.2. The Labute approximate surface area is 273 Å². The zero-order valence-corrected chi connectivity index (χ0v) is 27.3. The fraction of sp³-hybridized carbons (Fsp3) is 0.143. The molecule has 0 amide bonds. The van der Waals surface area contributed by atoms with E-state index in [1.165, 1.54) is 12.1 Å². The Morgan fingerprint density at radius 3 is 1.07 bits per heavy atom. The van der Waals surface area contributed by atoms with Gasteiger partial charge in [0.05, 0.1) is 9.79 Å².